The Hall–Kier alpha value is -2.70. The van der Waals surface area contributed by atoms with Gasteiger partial charge in [0.1, 0.15) is 0 Å². The zero-order valence-electron chi connectivity index (χ0n) is 11.0. The lowest BCUT2D eigenvalue weighted by molar-refractivity contribution is -0.384. The van der Waals surface area contributed by atoms with Crippen molar-refractivity contribution in [3.63, 3.8) is 0 Å². The second-order valence-corrected chi connectivity index (χ2v) is 3.74. The van der Waals surface area contributed by atoms with Gasteiger partial charge in [-0.25, -0.2) is 4.79 Å². The Kier molecular flexibility index (Phi) is 5.40. The van der Waals surface area contributed by atoms with Crippen molar-refractivity contribution in [2.75, 3.05) is 14.2 Å². The fourth-order valence-corrected chi connectivity index (χ4v) is 1.45. The van der Waals surface area contributed by atoms with Gasteiger partial charge in [-0.3, -0.25) is 14.9 Å². The molecule has 0 aromatic heterocycles. The first-order valence-electron chi connectivity index (χ1n) is 5.59. The minimum Gasteiger partial charge on any atom is -0.469 e. The van der Waals surface area contributed by atoms with E-state index in [-0.39, 0.29) is 17.7 Å². The van der Waals surface area contributed by atoms with Crippen LogP contribution in [0.1, 0.15) is 22.3 Å². The number of nitro benzene ring substituents is 1. The van der Waals surface area contributed by atoms with E-state index in [1.54, 1.807) is 0 Å². The number of esters is 2. The van der Waals surface area contributed by atoms with Crippen LogP contribution < -0.4 is 0 Å². The average Bonchev–Trinajstić information content (AvgIpc) is 2.45. The molecule has 20 heavy (non-hydrogen) atoms. The molecule has 0 unspecified atom stereocenters. The van der Waals surface area contributed by atoms with Crippen LogP contribution in [0.2, 0.25) is 0 Å². The summed E-state index contributed by atoms with van der Waals surface area (Å²) in [5.74, 6) is -1.10. The predicted octanol–water partition coefficient (Wildman–Crippen LogP) is 1.96. The number of methoxy groups -OCH3 is 2. The van der Waals surface area contributed by atoms with Gasteiger partial charge in [0.2, 0.25) is 0 Å². The van der Waals surface area contributed by atoms with Crippen LogP contribution in [-0.4, -0.2) is 31.1 Å². The zero-order valence-corrected chi connectivity index (χ0v) is 11.0. The standard InChI is InChI=1S/C13H13NO6/c1-19-12(15)5-3-4-9-6-10(13(16)20-2)8-11(7-9)14(17)18/h3-4,6-8H,5H2,1-2H3. The number of benzene rings is 1. The van der Waals surface area contributed by atoms with Gasteiger partial charge in [-0.05, 0) is 11.6 Å². The molecule has 1 aromatic rings. The molecule has 0 aliphatic rings. The summed E-state index contributed by atoms with van der Waals surface area (Å²) in [6.45, 7) is 0. The molecule has 0 fully saturated rings. The fourth-order valence-electron chi connectivity index (χ4n) is 1.45. The number of non-ortho nitro benzene ring substituents is 1. The van der Waals surface area contributed by atoms with Crippen LogP contribution >= 0.6 is 0 Å². The molecule has 0 saturated carbocycles. The van der Waals surface area contributed by atoms with Gasteiger partial charge < -0.3 is 9.47 Å². The van der Waals surface area contributed by atoms with Gasteiger partial charge in [0.25, 0.3) is 5.69 Å². The summed E-state index contributed by atoms with van der Waals surface area (Å²) in [5.41, 5.74) is 0.258. The molecule has 0 saturated heterocycles. The SMILES string of the molecule is COC(=O)CC=Cc1cc(C(=O)OC)cc([N+](=O)[O-])c1. The number of ether oxygens (including phenoxy) is 2. The number of carbonyl (C=O) groups is 2. The quantitative estimate of drug-likeness (QED) is 0.464. The molecular formula is C13H13NO6. The second-order valence-electron chi connectivity index (χ2n) is 3.74. The Balaban J connectivity index is 3.06. The molecule has 0 N–H and O–H groups in total. The van der Waals surface area contributed by atoms with E-state index in [1.165, 1.54) is 38.5 Å². The summed E-state index contributed by atoms with van der Waals surface area (Å²) in [4.78, 5) is 32.6. The molecule has 106 valence electrons. The number of rotatable bonds is 5. The number of nitrogens with zero attached hydrogens (tertiary/aromatic N) is 1. The fraction of sp³-hybridized carbons (Fsp3) is 0.231. The van der Waals surface area contributed by atoms with Gasteiger partial charge in [-0.2, -0.15) is 0 Å². The van der Waals surface area contributed by atoms with E-state index in [4.69, 9.17) is 0 Å². The summed E-state index contributed by atoms with van der Waals surface area (Å²) >= 11 is 0. The highest BCUT2D eigenvalue weighted by Gasteiger charge is 2.13. The van der Waals surface area contributed by atoms with Gasteiger partial charge in [-0.1, -0.05) is 12.2 Å². The van der Waals surface area contributed by atoms with Crippen molar-refractivity contribution < 1.29 is 24.0 Å². The summed E-state index contributed by atoms with van der Waals surface area (Å²) in [7, 11) is 2.45. The van der Waals surface area contributed by atoms with Crippen molar-refractivity contribution in [1.29, 1.82) is 0 Å². The van der Waals surface area contributed by atoms with Crippen molar-refractivity contribution in [3.8, 4) is 0 Å². The third-order valence-electron chi connectivity index (χ3n) is 2.39. The van der Waals surface area contributed by atoms with Crippen LogP contribution in [0.25, 0.3) is 6.08 Å². The number of nitro groups is 1. The normalized spacial score (nSPS) is 10.3. The van der Waals surface area contributed by atoms with E-state index in [2.05, 4.69) is 9.47 Å². The minimum absolute atomic E-state index is 0.0345. The van der Waals surface area contributed by atoms with Crippen LogP contribution in [0, 0.1) is 10.1 Å². The van der Waals surface area contributed by atoms with Crippen LogP contribution in [-0.2, 0) is 14.3 Å². The topological polar surface area (TPSA) is 95.7 Å². The summed E-state index contributed by atoms with van der Waals surface area (Å²) < 4.78 is 8.98. The number of hydrogen-bond acceptors (Lipinski definition) is 6. The smallest absolute Gasteiger partial charge is 0.338 e. The van der Waals surface area contributed by atoms with Gasteiger partial charge in [-0.15, -0.1) is 0 Å². The highest BCUT2D eigenvalue weighted by Crippen LogP contribution is 2.19. The first kappa shape index (κ1) is 15.4. The van der Waals surface area contributed by atoms with Crippen LogP contribution in [0.4, 0.5) is 5.69 Å². The van der Waals surface area contributed by atoms with E-state index in [1.807, 2.05) is 0 Å². The molecule has 7 nitrogen and oxygen atoms in total. The number of carbonyl (C=O) groups excluding carboxylic acids is 2. The van der Waals surface area contributed by atoms with E-state index >= 15 is 0 Å². The minimum atomic E-state index is -0.670. The molecule has 0 aliphatic heterocycles. The maximum atomic E-state index is 11.4. The molecular weight excluding hydrogens is 266 g/mol. The van der Waals surface area contributed by atoms with Gasteiger partial charge in [0.15, 0.2) is 0 Å². The van der Waals surface area contributed by atoms with Crippen molar-refractivity contribution in [3.05, 3.63) is 45.5 Å². The third kappa shape index (κ3) is 4.20. The molecule has 1 rings (SSSR count). The Morgan fingerprint density at radius 3 is 2.50 bits per heavy atom. The average molecular weight is 279 g/mol. The van der Waals surface area contributed by atoms with Crippen LogP contribution in [0.3, 0.4) is 0 Å². The summed E-state index contributed by atoms with van der Waals surface area (Å²) in [6.07, 6.45) is 3.02. The molecule has 0 heterocycles. The Morgan fingerprint density at radius 2 is 1.95 bits per heavy atom. The highest BCUT2D eigenvalue weighted by molar-refractivity contribution is 5.91. The second kappa shape index (κ2) is 7.03. The Morgan fingerprint density at radius 1 is 1.25 bits per heavy atom. The molecule has 0 bridgehead atoms. The first-order chi connectivity index (χ1) is 9.47. The van der Waals surface area contributed by atoms with Gasteiger partial charge in [0, 0.05) is 12.1 Å². The molecule has 0 amide bonds. The van der Waals surface area contributed by atoms with Crippen molar-refractivity contribution in [2.24, 2.45) is 0 Å². The Bertz CT molecular complexity index is 564. The molecule has 0 aliphatic carbocycles. The first-order valence-corrected chi connectivity index (χ1v) is 5.59. The van der Waals surface area contributed by atoms with Crippen LogP contribution in [0.5, 0.6) is 0 Å². The summed E-state index contributed by atoms with van der Waals surface area (Å²) in [5, 5.41) is 10.8. The molecule has 7 heteroatoms. The highest BCUT2D eigenvalue weighted by atomic mass is 16.6. The van der Waals surface area contributed by atoms with E-state index in [0.29, 0.717) is 5.56 Å². The molecule has 0 atom stereocenters. The molecule has 1 aromatic carbocycles. The Labute approximate surface area is 114 Å². The van der Waals surface area contributed by atoms with Gasteiger partial charge in [0.05, 0.1) is 31.1 Å². The van der Waals surface area contributed by atoms with Crippen molar-refractivity contribution >= 4 is 23.7 Å². The van der Waals surface area contributed by atoms with Crippen molar-refractivity contribution in [2.45, 2.75) is 6.42 Å². The zero-order chi connectivity index (χ0) is 15.1. The lowest BCUT2D eigenvalue weighted by atomic mass is 10.1. The number of hydrogen-bond donors (Lipinski definition) is 0. The van der Waals surface area contributed by atoms with E-state index in [9.17, 15) is 19.7 Å². The van der Waals surface area contributed by atoms with Gasteiger partial charge >= 0.3 is 11.9 Å². The van der Waals surface area contributed by atoms with Crippen molar-refractivity contribution in [1.82, 2.24) is 0 Å². The third-order valence-corrected chi connectivity index (χ3v) is 2.39. The predicted molar refractivity (Wildman–Crippen MR) is 70.1 cm³/mol. The molecule has 0 spiro atoms. The lowest BCUT2D eigenvalue weighted by Crippen LogP contribution is -2.02. The van der Waals surface area contributed by atoms with E-state index in [0.717, 1.165) is 6.07 Å². The maximum absolute atomic E-state index is 11.4. The molecule has 0 radical (unpaired) electrons. The lowest BCUT2D eigenvalue weighted by Gasteiger charge is -2.01. The largest absolute Gasteiger partial charge is 0.469 e. The van der Waals surface area contributed by atoms with Crippen LogP contribution in [0.15, 0.2) is 24.3 Å². The summed E-state index contributed by atoms with van der Waals surface area (Å²) in [6, 6.07) is 3.86. The monoisotopic (exact) mass is 279 g/mol. The van der Waals surface area contributed by atoms with E-state index < -0.39 is 16.9 Å². The maximum Gasteiger partial charge on any atom is 0.338 e.